The van der Waals surface area contributed by atoms with E-state index in [4.69, 9.17) is 9.47 Å². The fraction of sp³-hybridized carbons (Fsp3) is 0.273. The molecule has 0 unspecified atom stereocenters. The number of carbonyl (C=O) groups is 2. The van der Waals surface area contributed by atoms with E-state index in [0.29, 0.717) is 19.7 Å². The summed E-state index contributed by atoms with van der Waals surface area (Å²) >= 11 is 0. The number of amides is 1. The molecule has 0 aliphatic rings. The maximum absolute atomic E-state index is 12.7. The third-order valence-electron chi connectivity index (χ3n) is 3.95. The quantitative estimate of drug-likeness (QED) is 0.501. The Kier molecular flexibility index (Phi) is 8.10. The molecule has 142 valence electrons. The van der Waals surface area contributed by atoms with Gasteiger partial charge in [0.2, 0.25) is 5.91 Å². The molecular formula is C22H25NO4. The summed E-state index contributed by atoms with van der Waals surface area (Å²) in [5.74, 6) is 0.295. The number of benzene rings is 2. The van der Waals surface area contributed by atoms with Crippen LogP contribution >= 0.6 is 0 Å². The predicted octanol–water partition coefficient (Wildman–Crippen LogP) is 3.69. The molecule has 0 fully saturated rings. The standard InChI is InChI=1S/C22H25NO4/c1-3-27-22(25)15-16-23(17-19-9-12-20(26-2)13-10-19)21(24)14-11-18-7-5-4-6-8-18/h4-14H,3,15-17H2,1-2H3/b14-11+. The molecule has 0 aromatic heterocycles. The van der Waals surface area contributed by atoms with Gasteiger partial charge in [-0.1, -0.05) is 42.5 Å². The third kappa shape index (κ3) is 6.98. The van der Waals surface area contributed by atoms with Gasteiger partial charge in [0.05, 0.1) is 20.1 Å². The third-order valence-corrected chi connectivity index (χ3v) is 3.95. The topological polar surface area (TPSA) is 55.8 Å². The van der Waals surface area contributed by atoms with Gasteiger partial charge in [-0.2, -0.15) is 0 Å². The molecule has 0 heterocycles. The molecule has 0 aliphatic carbocycles. The molecule has 2 aromatic rings. The first-order valence-electron chi connectivity index (χ1n) is 8.93. The molecule has 0 spiro atoms. The number of hydrogen-bond donors (Lipinski definition) is 0. The van der Waals surface area contributed by atoms with Crippen molar-refractivity contribution in [1.29, 1.82) is 0 Å². The number of rotatable bonds is 9. The zero-order valence-corrected chi connectivity index (χ0v) is 15.8. The average molecular weight is 367 g/mol. The lowest BCUT2D eigenvalue weighted by Gasteiger charge is -2.21. The Hall–Kier alpha value is -3.08. The van der Waals surface area contributed by atoms with E-state index in [9.17, 15) is 9.59 Å². The first-order valence-corrected chi connectivity index (χ1v) is 8.93. The Morgan fingerprint density at radius 1 is 1.04 bits per heavy atom. The molecule has 1 amide bonds. The number of hydrogen-bond acceptors (Lipinski definition) is 4. The second-order valence-electron chi connectivity index (χ2n) is 5.91. The summed E-state index contributed by atoms with van der Waals surface area (Å²) in [5, 5.41) is 0. The molecule has 0 aliphatic heterocycles. The van der Waals surface area contributed by atoms with E-state index in [1.807, 2.05) is 54.6 Å². The maximum atomic E-state index is 12.7. The highest BCUT2D eigenvalue weighted by Gasteiger charge is 2.14. The highest BCUT2D eigenvalue weighted by Crippen LogP contribution is 2.14. The summed E-state index contributed by atoms with van der Waals surface area (Å²) < 4.78 is 10.1. The summed E-state index contributed by atoms with van der Waals surface area (Å²) in [7, 11) is 1.61. The van der Waals surface area contributed by atoms with E-state index in [1.54, 1.807) is 25.0 Å². The van der Waals surface area contributed by atoms with Gasteiger partial charge in [0, 0.05) is 19.2 Å². The van der Waals surface area contributed by atoms with Crippen molar-refractivity contribution in [3.05, 3.63) is 71.8 Å². The summed E-state index contributed by atoms with van der Waals surface area (Å²) in [6.45, 7) is 2.80. The molecule has 5 nitrogen and oxygen atoms in total. The number of carbonyl (C=O) groups excluding carboxylic acids is 2. The zero-order valence-electron chi connectivity index (χ0n) is 15.8. The zero-order chi connectivity index (χ0) is 19.5. The molecule has 2 rings (SSSR count). The largest absolute Gasteiger partial charge is 0.497 e. The molecular weight excluding hydrogens is 342 g/mol. The molecule has 27 heavy (non-hydrogen) atoms. The van der Waals surface area contributed by atoms with Crippen LogP contribution in [0.25, 0.3) is 6.08 Å². The fourth-order valence-corrected chi connectivity index (χ4v) is 2.51. The number of methoxy groups -OCH3 is 1. The summed E-state index contributed by atoms with van der Waals surface area (Å²) in [6.07, 6.45) is 3.46. The Bertz CT molecular complexity index is 754. The van der Waals surface area contributed by atoms with Crippen LogP contribution in [0.15, 0.2) is 60.7 Å². The lowest BCUT2D eigenvalue weighted by atomic mass is 10.2. The van der Waals surface area contributed by atoms with Gasteiger partial charge >= 0.3 is 5.97 Å². The van der Waals surface area contributed by atoms with Crippen LogP contribution in [0.4, 0.5) is 0 Å². The van der Waals surface area contributed by atoms with Gasteiger partial charge in [0.15, 0.2) is 0 Å². The molecule has 0 saturated carbocycles. The SMILES string of the molecule is CCOC(=O)CCN(Cc1ccc(OC)cc1)C(=O)/C=C/c1ccccc1. The first-order chi connectivity index (χ1) is 13.1. The smallest absolute Gasteiger partial charge is 0.307 e. The van der Waals surface area contributed by atoms with E-state index in [0.717, 1.165) is 16.9 Å². The van der Waals surface area contributed by atoms with Crippen molar-refractivity contribution < 1.29 is 19.1 Å². The normalized spacial score (nSPS) is 10.6. The number of esters is 1. The van der Waals surface area contributed by atoms with E-state index in [-0.39, 0.29) is 18.3 Å². The minimum Gasteiger partial charge on any atom is -0.497 e. The Morgan fingerprint density at radius 3 is 2.37 bits per heavy atom. The van der Waals surface area contributed by atoms with Crippen molar-refractivity contribution in [2.45, 2.75) is 19.9 Å². The highest BCUT2D eigenvalue weighted by molar-refractivity contribution is 5.92. The Labute approximate surface area is 160 Å². The van der Waals surface area contributed by atoms with Crippen molar-refractivity contribution >= 4 is 18.0 Å². The number of nitrogens with zero attached hydrogens (tertiary/aromatic N) is 1. The van der Waals surface area contributed by atoms with Crippen molar-refractivity contribution in [3.63, 3.8) is 0 Å². The van der Waals surface area contributed by atoms with E-state index >= 15 is 0 Å². The van der Waals surface area contributed by atoms with Crippen LogP contribution in [0.1, 0.15) is 24.5 Å². The van der Waals surface area contributed by atoms with Gasteiger partial charge < -0.3 is 14.4 Å². The summed E-state index contributed by atoms with van der Waals surface area (Å²) in [6, 6.07) is 17.1. The lowest BCUT2D eigenvalue weighted by molar-refractivity contribution is -0.143. The molecule has 0 bridgehead atoms. The summed E-state index contributed by atoms with van der Waals surface area (Å²) in [4.78, 5) is 26.0. The van der Waals surface area contributed by atoms with Crippen LogP contribution in [0.3, 0.4) is 0 Å². The minimum atomic E-state index is -0.308. The van der Waals surface area contributed by atoms with Gasteiger partial charge in [-0.25, -0.2) is 0 Å². The number of ether oxygens (including phenoxy) is 2. The van der Waals surface area contributed by atoms with Crippen LogP contribution in [-0.2, 0) is 20.9 Å². The van der Waals surface area contributed by atoms with Crippen molar-refractivity contribution in [2.75, 3.05) is 20.3 Å². The monoisotopic (exact) mass is 367 g/mol. The van der Waals surface area contributed by atoms with E-state index < -0.39 is 0 Å². The van der Waals surface area contributed by atoms with Crippen LogP contribution in [0.2, 0.25) is 0 Å². The van der Waals surface area contributed by atoms with Crippen LogP contribution in [-0.4, -0.2) is 37.0 Å². The van der Waals surface area contributed by atoms with E-state index in [1.165, 1.54) is 6.08 Å². The second kappa shape index (κ2) is 10.8. The van der Waals surface area contributed by atoms with Gasteiger partial charge in [0.1, 0.15) is 5.75 Å². The fourth-order valence-electron chi connectivity index (χ4n) is 2.51. The van der Waals surface area contributed by atoms with Gasteiger partial charge in [-0.15, -0.1) is 0 Å². The lowest BCUT2D eigenvalue weighted by Crippen LogP contribution is -2.31. The van der Waals surface area contributed by atoms with Crippen LogP contribution in [0, 0.1) is 0 Å². The molecule has 0 radical (unpaired) electrons. The minimum absolute atomic E-state index is 0.154. The Balaban J connectivity index is 2.08. The van der Waals surface area contributed by atoms with Crippen LogP contribution < -0.4 is 4.74 Å². The molecule has 0 N–H and O–H groups in total. The van der Waals surface area contributed by atoms with Crippen molar-refractivity contribution in [3.8, 4) is 5.75 Å². The molecule has 0 atom stereocenters. The second-order valence-corrected chi connectivity index (χ2v) is 5.91. The highest BCUT2D eigenvalue weighted by atomic mass is 16.5. The predicted molar refractivity (Wildman–Crippen MR) is 105 cm³/mol. The molecule has 0 saturated heterocycles. The van der Waals surface area contributed by atoms with Gasteiger partial charge in [0.25, 0.3) is 0 Å². The Morgan fingerprint density at radius 2 is 1.74 bits per heavy atom. The van der Waals surface area contributed by atoms with Gasteiger partial charge in [-0.3, -0.25) is 9.59 Å². The maximum Gasteiger partial charge on any atom is 0.307 e. The average Bonchev–Trinajstić information content (AvgIpc) is 2.70. The van der Waals surface area contributed by atoms with Crippen molar-refractivity contribution in [1.82, 2.24) is 4.90 Å². The molecule has 2 aromatic carbocycles. The van der Waals surface area contributed by atoms with E-state index in [2.05, 4.69) is 0 Å². The van der Waals surface area contributed by atoms with Crippen LogP contribution in [0.5, 0.6) is 5.75 Å². The van der Waals surface area contributed by atoms with Crippen molar-refractivity contribution in [2.24, 2.45) is 0 Å². The van der Waals surface area contributed by atoms with Gasteiger partial charge in [-0.05, 0) is 36.3 Å². The summed E-state index contributed by atoms with van der Waals surface area (Å²) in [5.41, 5.74) is 1.90. The molecule has 5 heteroatoms. The first kappa shape index (κ1) is 20.2.